The van der Waals surface area contributed by atoms with E-state index in [0.29, 0.717) is 0 Å². The van der Waals surface area contributed by atoms with Crippen LogP contribution in [-0.2, 0) is 20.9 Å². The van der Waals surface area contributed by atoms with Gasteiger partial charge >= 0.3 is 5.97 Å². The Morgan fingerprint density at radius 2 is 0.804 bits per heavy atom. The third-order valence-corrected chi connectivity index (χ3v) is 9.98. The summed E-state index contributed by atoms with van der Waals surface area (Å²) >= 11 is 0. The molecule has 9 rings (SSSR count). The number of rotatable bonds is 8. The number of aromatic nitrogens is 4. The Bertz CT molecular complexity index is 2810. The van der Waals surface area contributed by atoms with Crippen molar-refractivity contribution in [2.75, 3.05) is 0 Å². The molecule has 7 nitrogen and oxygen atoms in total. The van der Waals surface area contributed by atoms with E-state index in [1.807, 2.05) is 66.7 Å². The third-order valence-electron chi connectivity index (χ3n) is 9.98. The number of esters is 1. The van der Waals surface area contributed by atoms with Gasteiger partial charge in [-0.25, -0.2) is 9.97 Å². The van der Waals surface area contributed by atoms with Gasteiger partial charge in [0, 0.05) is 44.3 Å². The minimum atomic E-state index is -0.535. The van der Waals surface area contributed by atoms with Crippen molar-refractivity contribution in [1.29, 1.82) is 0 Å². The number of H-pyrrole nitrogens is 2. The monoisotopic (exact) mass is 728 g/mol. The number of Topliss-reactive ketones (excluding diaryl/α,β-unsaturated/α-hetero) is 1. The smallest absolute Gasteiger partial charge is 0.313 e. The molecule has 0 aliphatic carbocycles. The highest BCUT2D eigenvalue weighted by atomic mass is 16.5. The van der Waals surface area contributed by atoms with Gasteiger partial charge in [-0.2, -0.15) is 0 Å². The highest BCUT2D eigenvalue weighted by Gasteiger charge is 2.19. The van der Waals surface area contributed by atoms with Crippen LogP contribution >= 0.6 is 0 Å². The Labute approximate surface area is 323 Å². The number of benzene rings is 4. The Hall–Kier alpha value is -7.38. The van der Waals surface area contributed by atoms with Gasteiger partial charge in [0.25, 0.3) is 0 Å². The number of carbonyl (C=O) groups is 2. The molecule has 0 saturated heterocycles. The average molecular weight is 729 g/mol. The molecule has 2 aliphatic rings. The Balaban J connectivity index is 1.35. The molecular weight excluding hydrogens is 693 g/mol. The molecule has 0 amide bonds. The van der Waals surface area contributed by atoms with Gasteiger partial charge in [-0.05, 0) is 83.3 Å². The van der Waals surface area contributed by atoms with Gasteiger partial charge in [0.05, 0.1) is 22.8 Å². The van der Waals surface area contributed by atoms with Crippen molar-refractivity contribution in [1.82, 2.24) is 19.9 Å². The first-order chi connectivity index (χ1) is 27.5. The first-order valence-electron chi connectivity index (χ1n) is 18.6. The van der Waals surface area contributed by atoms with Crippen LogP contribution in [-0.4, -0.2) is 31.7 Å². The van der Waals surface area contributed by atoms with E-state index in [9.17, 15) is 9.59 Å². The number of carbonyl (C=O) groups excluding carboxylic acids is 2. The van der Waals surface area contributed by atoms with Crippen molar-refractivity contribution in [3.05, 3.63) is 168 Å². The van der Waals surface area contributed by atoms with Crippen LogP contribution in [0.15, 0.2) is 140 Å². The normalized spacial score (nSPS) is 11.8. The molecule has 0 fully saturated rings. The number of fused-ring (bicyclic) bond motifs is 8. The summed E-state index contributed by atoms with van der Waals surface area (Å²) in [7, 11) is 0. The molecule has 0 saturated carbocycles. The lowest BCUT2D eigenvalue weighted by Crippen LogP contribution is -2.08. The second-order valence-corrected chi connectivity index (χ2v) is 13.8. The molecule has 270 valence electrons. The zero-order valence-corrected chi connectivity index (χ0v) is 30.6. The number of ether oxygens (including phenoxy) is 1. The van der Waals surface area contributed by atoms with E-state index in [2.05, 4.69) is 107 Å². The molecule has 3 aromatic heterocycles. The Kier molecular flexibility index (Phi) is 9.09. The number of ketones is 1. The van der Waals surface area contributed by atoms with Crippen molar-refractivity contribution in [3.8, 4) is 44.5 Å². The van der Waals surface area contributed by atoms with Gasteiger partial charge in [0.1, 0.15) is 18.8 Å². The van der Waals surface area contributed by atoms with Crippen LogP contribution in [0.4, 0.5) is 0 Å². The summed E-state index contributed by atoms with van der Waals surface area (Å²) in [6.45, 7) is 1.45. The molecular formula is C49H36N4O3. The Morgan fingerprint density at radius 3 is 1.14 bits per heavy atom. The van der Waals surface area contributed by atoms with Gasteiger partial charge in [0.2, 0.25) is 0 Å². The summed E-state index contributed by atoms with van der Waals surface area (Å²) in [6.07, 6.45) is 8.12. The summed E-state index contributed by atoms with van der Waals surface area (Å²) in [5.74, 6) is -0.762. The highest BCUT2D eigenvalue weighted by molar-refractivity contribution is 6.00. The summed E-state index contributed by atoms with van der Waals surface area (Å²) in [5.41, 5.74) is 15.8. The largest absolute Gasteiger partial charge is 0.460 e. The first kappa shape index (κ1) is 34.4. The van der Waals surface area contributed by atoms with Crippen molar-refractivity contribution in [2.45, 2.75) is 20.0 Å². The molecule has 5 heterocycles. The van der Waals surface area contributed by atoms with Gasteiger partial charge in [-0.15, -0.1) is 0 Å². The van der Waals surface area contributed by atoms with Gasteiger partial charge in [-0.3, -0.25) is 9.59 Å². The minimum absolute atomic E-state index is 0.0775. The number of hydrogen-bond donors (Lipinski definition) is 2. The second-order valence-electron chi connectivity index (χ2n) is 13.8. The van der Waals surface area contributed by atoms with Crippen molar-refractivity contribution in [3.63, 3.8) is 0 Å². The zero-order chi connectivity index (χ0) is 38.0. The first-order valence-corrected chi connectivity index (χ1v) is 18.6. The van der Waals surface area contributed by atoms with E-state index in [-0.39, 0.29) is 18.8 Å². The molecule has 0 unspecified atom stereocenters. The fourth-order valence-corrected chi connectivity index (χ4v) is 7.42. The van der Waals surface area contributed by atoms with Crippen LogP contribution < -0.4 is 0 Å². The van der Waals surface area contributed by atoms with E-state index >= 15 is 0 Å². The molecule has 8 bridgehead atoms. The number of nitrogens with one attached hydrogen (secondary N) is 2. The summed E-state index contributed by atoms with van der Waals surface area (Å²) < 4.78 is 5.37. The maximum absolute atomic E-state index is 12.1. The minimum Gasteiger partial charge on any atom is -0.460 e. The summed E-state index contributed by atoms with van der Waals surface area (Å²) in [5, 5.41) is 0. The molecule has 4 aromatic carbocycles. The van der Waals surface area contributed by atoms with Crippen molar-refractivity contribution < 1.29 is 14.3 Å². The number of nitrogens with zero attached hydrogens (tertiary/aromatic N) is 2. The summed E-state index contributed by atoms with van der Waals surface area (Å²) in [6, 6.07) is 47.4. The van der Waals surface area contributed by atoms with Gasteiger partial charge in [-0.1, -0.05) is 115 Å². The quantitative estimate of drug-likeness (QED) is 0.120. The highest BCUT2D eigenvalue weighted by Crippen LogP contribution is 2.38. The topological polar surface area (TPSA) is 101 Å². The fourth-order valence-electron chi connectivity index (χ4n) is 7.42. The number of hydrogen-bond acceptors (Lipinski definition) is 5. The standard InChI is InChI=1S/C49H36N4O3/c1-31(54)29-45(55)56-30-32-17-19-36(20-18-32)49-43-27-25-41(52-43)47(34-13-7-3-8-14-34)39-23-21-37(50-39)46(33-11-5-2-6-12-33)38-22-24-40(51-38)48(35-15-9-4-10-16-35)42-26-28-44(49)53-42/h2-28,50,53H,29-30H2,1H3. The zero-order valence-electron chi connectivity index (χ0n) is 30.6. The SMILES string of the molecule is CC(=O)CC(=O)OCc1ccc(-c2c3nc(c(-c4ccccc4)c4ccc([nH]4)c(-c4ccccc4)c4nc(c(-c5ccccc5)c5ccc2[nH]5)C=C4)C=C3)cc1. The van der Waals surface area contributed by atoms with E-state index < -0.39 is 5.97 Å². The van der Waals surface area contributed by atoms with Crippen molar-refractivity contribution >= 4 is 58.1 Å². The maximum atomic E-state index is 12.1. The van der Waals surface area contributed by atoms with Crippen LogP contribution in [0.25, 0.3) is 90.9 Å². The molecule has 7 heteroatoms. The maximum Gasteiger partial charge on any atom is 0.313 e. The molecule has 2 N–H and O–H groups in total. The lowest BCUT2D eigenvalue weighted by atomic mass is 10.0. The molecule has 2 aliphatic heterocycles. The van der Waals surface area contributed by atoms with Crippen LogP contribution in [0.5, 0.6) is 0 Å². The second kappa shape index (κ2) is 14.8. The van der Waals surface area contributed by atoms with Crippen LogP contribution in [0.1, 0.15) is 41.7 Å². The molecule has 0 radical (unpaired) electrons. The van der Waals surface area contributed by atoms with E-state index in [4.69, 9.17) is 14.7 Å². The van der Waals surface area contributed by atoms with Crippen LogP contribution in [0.3, 0.4) is 0 Å². The average Bonchev–Trinajstić information content (AvgIpc) is 4.07. The lowest BCUT2D eigenvalue weighted by molar-refractivity contribution is -0.146. The fraction of sp³-hybridized carbons (Fsp3) is 0.0612. The van der Waals surface area contributed by atoms with Gasteiger partial charge in [0.15, 0.2) is 0 Å². The molecule has 0 atom stereocenters. The lowest BCUT2D eigenvalue weighted by Gasteiger charge is -2.08. The third kappa shape index (κ3) is 6.78. The molecule has 0 spiro atoms. The molecule has 56 heavy (non-hydrogen) atoms. The van der Waals surface area contributed by atoms with Gasteiger partial charge < -0.3 is 14.7 Å². The van der Waals surface area contributed by atoms with Crippen molar-refractivity contribution in [2.24, 2.45) is 0 Å². The predicted octanol–water partition coefficient (Wildman–Crippen LogP) is 11.3. The summed E-state index contributed by atoms with van der Waals surface area (Å²) in [4.78, 5) is 41.8. The van der Waals surface area contributed by atoms with E-state index in [1.54, 1.807) is 0 Å². The Morgan fingerprint density at radius 1 is 0.464 bits per heavy atom. The van der Waals surface area contributed by atoms with Crippen LogP contribution in [0.2, 0.25) is 0 Å². The number of aromatic amines is 2. The molecule has 7 aromatic rings. The van der Waals surface area contributed by atoms with E-state index in [1.165, 1.54) is 6.92 Å². The van der Waals surface area contributed by atoms with Crippen LogP contribution in [0, 0.1) is 0 Å². The van der Waals surface area contributed by atoms with E-state index in [0.717, 1.165) is 94.9 Å². The predicted molar refractivity (Wildman–Crippen MR) is 226 cm³/mol.